The predicted molar refractivity (Wildman–Crippen MR) is 75.5 cm³/mol. The van der Waals surface area contributed by atoms with Crippen LogP contribution < -0.4 is 0 Å². The van der Waals surface area contributed by atoms with Crippen molar-refractivity contribution >= 4 is 8.07 Å². The van der Waals surface area contributed by atoms with Gasteiger partial charge in [0.2, 0.25) is 0 Å². The molecule has 0 aromatic carbocycles. The molecule has 0 amide bonds. The van der Waals surface area contributed by atoms with Crippen molar-refractivity contribution in [1.82, 2.24) is 0 Å². The molecule has 2 nitrogen and oxygen atoms in total. The second-order valence-corrected chi connectivity index (χ2v) is 10.2. The maximum Gasteiger partial charge on any atom is 0.0745 e. The van der Waals surface area contributed by atoms with Gasteiger partial charge in [-0.25, -0.2) is 0 Å². The lowest BCUT2D eigenvalue weighted by molar-refractivity contribution is 0.0465. The molecular formula is C12H34O2Si. The highest BCUT2D eigenvalue weighted by Crippen LogP contribution is 2.10. The van der Waals surface area contributed by atoms with Gasteiger partial charge in [0.25, 0.3) is 0 Å². The summed E-state index contributed by atoms with van der Waals surface area (Å²) in [4.78, 5) is 0. The Hall–Kier alpha value is 0.137. The van der Waals surface area contributed by atoms with Crippen LogP contribution in [0.2, 0.25) is 25.7 Å². The Kier molecular flexibility index (Phi) is 19.8. The van der Waals surface area contributed by atoms with E-state index in [1.165, 1.54) is 6.04 Å². The lowest BCUT2D eigenvalue weighted by Gasteiger charge is -2.15. The molecule has 98 valence electrons. The summed E-state index contributed by atoms with van der Waals surface area (Å²) in [6.45, 7) is 10.1. The van der Waals surface area contributed by atoms with Gasteiger partial charge >= 0.3 is 0 Å². The molecule has 0 fully saturated rings. The summed E-state index contributed by atoms with van der Waals surface area (Å²) in [7, 11) is -0.877. The third-order valence-corrected chi connectivity index (χ3v) is 3.43. The molecule has 0 saturated carbocycles. The minimum Gasteiger partial charge on any atom is -0.391 e. The van der Waals surface area contributed by atoms with E-state index in [9.17, 15) is 0 Å². The zero-order valence-corrected chi connectivity index (χ0v) is 9.76. The monoisotopic (exact) mass is 238 g/mol. The normalized spacial score (nSPS) is 11.8. The van der Waals surface area contributed by atoms with Gasteiger partial charge in [-0.15, -0.1) is 0 Å². The summed E-state index contributed by atoms with van der Waals surface area (Å²) in [6.07, 6.45) is 0.819. The van der Waals surface area contributed by atoms with E-state index in [1.54, 1.807) is 6.92 Å². The van der Waals surface area contributed by atoms with Gasteiger partial charge in [-0.1, -0.05) is 48.0 Å². The Bertz CT molecular complexity index is 109. The van der Waals surface area contributed by atoms with Crippen molar-refractivity contribution in [3.8, 4) is 0 Å². The maximum absolute atomic E-state index is 8.90. The second-order valence-electron chi connectivity index (χ2n) is 4.59. The minimum absolute atomic E-state index is 0. The molecule has 1 atom stereocenters. The SMILES string of the molecule is C.C.C.CC(O)COCCC[Si](C)(C)C. The molecule has 0 rings (SSSR count). The molecule has 15 heavy (non-hydrogen) atoms. The molecule has 0 radical (unpaired) electrons. The van der Waals surface area contributed by atoms with E-state index in [1.807, 2.05) is 0 Å². The van der Waals surface area contributed by atoms with Crippen LogP contribution in [0.3, 0.4) is 0 Å². The van der Waals surface area contributed by atoms with E-state index >= 15 is 0 Å². The number of hydrogen-bond donors (Lipinski definition) is 1. The maximum atomic E-state index is 8.90. The van der Waals surface area contributed by atoms with Gasteiger partial charge in [-0.2, -0.15) is 0 Å². The van der Waals surface area contributed by atoms with Crippen molar-refractivity contribution in [3.63, 3.8) is 0 Å². The van der Waals surface area contributed by atoms with Crippen molar-refractivity contribution in [2.24, 2.45) is 0 Å². The second kappa shape index (κ2) is 12.2. The molecule has 1 unspecified atom stereocenters. The third-order valence-electron chi connectivity index (χ3n) is 1.57. The molecule has 0 saturated heterocycles. The van der Waals surface area contributed by atoms with E-state index in [2.05, 4.69) is 19.6 Å². The summed E-state index contributed by atoms with van der Waals surface area (Å²) >= 11 is 0. The van der Waals surface area contributed by atoms with Crippen molar-refractivity contribution < 1.29 is 9.84 Å². The molecule has 0 aliphatic heterocycles. The molecule has 0 aromatic rings. The highest BCUT2D eigenvalue weighted by molar-refractivity contribution is 6.76. The van der Waals surface area contributed by atoms with Crippen molar-refractivity contribution in [1.29, 1.82) is 0 Å². The number of rotatable bonds is 6. The van der Waals surface area contributed by atoms with Crippen LogP contribution >= 0.6 is 0 Å². The smallest absolute Gasteiger partial charge is 0.0745 e. The highest BCUT2D eigenvalue weighted by atomic mass is 28.3. The lowest BCUT2D eigenvalue weighted by atomic mass is 10.4. The molecule has 0 aliphatic carbocycles. The molecule has 3 heteroatoms. The van der Waals surface area contributed by atoms with Gasteiger partial charge in [0, 0.05) is 14.7 Å². The molecular weight excluding hydrogens is 204 g/mol. The lowest BCUT2D eigenvalue weighted by Crippen LogP contribution is -2.20. The minimum atomic E-state index is -0.877. The molecule has 0 bridgehead atoms. The van der Waals surface area contributed by atoms with E-state index in [-0.39, 0.29) is 28.4 Å². The zero-order valence-electron chi connectivity index (χ0n) is 8.76. The fourth-order valence-corrected chi connectivity index (χ4v) is 2.16. The van der Waals surface area contributed by atoms with Gasteiger partial charge in [-0.3, -0.25) is 0 Å². The summed E-state index contributed by atoms with van der Waals surface area (Å²) in [6, 6.07) is 1.31. The number of aliphatic hydroxyl groups is 1. The fraction of sp³-hybridized carbons (Fsp3) is 1.00. The molecule has 0 aliphatic rings. The Balaban J connectivity index is -0.000000202. The highest BCUT2D eigenvalue weighted by Gasteiger charge is 2.11. The van der Waals surface area contributed by atoms with Crippen LogP contribution in [-0.2, 0) is 4.74 Å². The molecule has 0 aromatic heterocycles. The summed E-state index contributed by atoms with van der Waals surface area (Å²) < 4.78 is 5.26. The molecule has 0 spiro atoms. The largest absolute Gasteiger partial charge is 0.391 e. The van der Waals surface area contributed by atoms with Gasteiger partial charge in [0.1, 0.15) is 0 Å². The first-order valence-corrected chi connectivity index (χ1v) is 8.38. The van der Waals surface area contributed by atoms with Crippen LogP contribution in [-0.4, -0.2) is 32.5 Å². The summed E-state index contributed by atoms with van der Waals surface area (Å²) in [5.41, 5.74) is 0. The first-order chi connectivity index (χ1) is 5.42. The van der Waals surface area contributed by atoms with E-state index < -0.39 is 8.07 Å². The quantitative estimate of drug-likeness (QED) is 0.559. The van der Waals surface area contributed by atoms with Crippen molar-refractivity contribution in [3.05, 3.63) is 0 Å². The van der Waals surface area contributed by atoms with Gasteiger partial charge in [0.15, 0.2) is 0 Å². The Labute approximate surface area is 99.1 Å². The zero-order chi connectivity index (χ0) is 9.61. The van der Waals surface area contributed by atoms with Gasteiger partial charge < -0.3 is 9.84 Å². The summed E-state index contributed by atoms with van der Waals surface area (Å²) in [5, 5.41) is 8.90. The van der Waals surface area contributed by atoms with Gasteiger partial charge in [0.05, 0.1) is 12.7 Å². The molecule has 0 heterocycles. The Morgan fingerprint density at radius 1 is 1.13 bits per heavy atom. The van der Waals surface area contributed by atoms with Crippen LogP contribution in [0.5, 0.6) is 0 Å². The Morgan fingerprint density at radius 3 is 1.93 bits per heavy atom. The first-order valence-electron chi connectivity index (χ1n) is 4.67. The van der Waals surface area contributed by atoms with E-state index in [4.69, 9.17) is 9.84 Å². The molecule has 1 N–H and O–H groups in total. The van der Waals surface area contributed by atoms with Crippen LogP contribution in [0.1, 0.15) is 35.6 Å². The van der Waals surface area contributed by atoms with Crippen molar-refractivity contribution in [2.45, 2.75) is 67.4 Å². The number of hydrogen-bond acceptors (Lipinski definition) is 2. The predicted octanol–water partition coefficient (Wildman–Crippen LogP) is 4.02. The van der Waals surface area contributed by atoms with Crippen molar-refractivity contribution in [2.75, 3.05) is 13.2 Å². The standard InChI is InChI=1S/C9H22O2Si.3CH4/c1-9(10)8-11-6-5-7-12(2,3)4;;;/h9-10H,5-8H2,1-4H3;3*1H4. The van der Waals surface area contributed by atoms with Crippen LogP contribution in [0.25, 0.3) is 0 Å². The Morgan fingerprint density at radius 2 is 1.60 bits per heavy atom. The average molecular weight is 238 g/mol. The van der Waals surface area contributed by atoms with Crippen LogP contribution in [0, 0.1) is 0 Å². The number of aliphatic hydroxyl groups excluding tert-OH is 1. The third kappa shape index (κ3) is 24.9. The van der Waals surface area contributed by atoms with Crippen LogP contribution in [0.4, 0.5) is 0 Å². The number of ether oxygens (including phenoxy) is 1. The topological polar surface area (TPSA) is 29.5 Å². The average Bonchev–Trinajstić information content (AvgIpc) is 1.83. The van der Waals surface area contributed by atoms with Crippen LogP contribution in [0.15, 0.2) is 0 Å². The summed E-state index contributed by atoms with van der Waals surface area (Å²) in [5.74, 6) is 0. The van der Waals surface area contributed by atoms with E-state index in [0.717, 1.165) is 13.0 Å². The van der Waals surface area contributed by atoms with Gasteiger partial charge in [-0.05, 0) is 13.3 Å². The fourth-order valence-electron chi connectivity index (χ4n) is 0.958. The van der Waals surface area contributed by atoms with E-state index in [0.29, 0.717) is 6.61 Å². The first kappa shape index (κ1) is 24.4.